The Labute approximate surface area is 83.2 Å². The number of esters is 1. The molecule has 5 nitrogen and oxygen atoms in total. The van der Waals surface area contributed by atoms with Crippen molar-refractivity contribution in [3.8, 4) is 0 Å². The monoisotopic (exact) mass is 200 g/mol. The van der Waals surface area contributed by atoms with Crippen LogP contribution < -0.4 is 5.73 Å². The number of ether oxygens (including phenoxy) is 1. The van der Waals surface area contributed by atoms with Crippen molar-refractivity contribution in [2.75, 3.05) is 20.2 Å². The van der Waals surface area contributed by atoms with Crippen LogP contribution in [0.15, 0.2) is 0 Å². The number of nitrogens with two attached hydrogens (primary N) is 1. The van der Waals surface area contributed by atoms with Crippen LogP contribution in [0.5, 0.6) is 0 Å². The largest absolute Gasteiger partial charge is 0.462 e. The van der Waals surface area contributed by atoms with E-state index >= 15 is 0 Å². The van der Waals surface area contributed by atoms with E-state index < -0.39 is 11.9 Å². The zero-order valence-electron chi connectivity index (χ0n) is 8.36. The first kappa shape index (κ1) is 11.0. The Morgan fingerprint density at radius 3 is 2.50 bits per heavy atom. The molecule has 5 heteroatoms. The first-order chi connectivity index (χ1) is 6.70. The third kappa shape index (κ3) is 2.23. The predicted molar refractivity (Wildman–Crippen MR) is 50.4 cm³/mol. The average Bonchev–Trinajstić information content (AvgIpc) is 2.12. The molecule has 0 heterocycles. The quantitative estimate of drug-likeness (QED) is 0.492. The molecule has 1 rings (SSSR count). The highest BCUT2D eigenvalue weighted by molar-refractivity contribution is 6.32. The highest BCUT2D eigenvalue weighted by Crippen LogP contribution is 2.24. The van der Waals surface area contributed by atoms with Gasteiger partial charge in [-0.25, -0.2) is 4.79 Å². The number of hydrogen-bond donors (Lipinski definition) is 1. The van der Waals surface area contributed by atoms with Gasteiger partial charge in [0.05, 0.1) is 7.11 Å². The van der Waals surface area contributed by atoms with E-state index in [4.69, 9.17) is 5.73 Å². The molecule has 0 unspecified atom stereocenters. The van der Waals surface area contributed by atoms with E-state index in [1.54, 1.807) is 0 Å². The van der Waals surface area contributed by atoms with Gasteiger partial charge < -0.3 is 15.4 Å². The Kier molecular flexibility index (Phi) is 3.88. The van der Waals surface area contributed by atoms with Gasteiger partial charge in [0, 0.05) is 19.1 Å². The minimum Gasteiger partial charge on any atom is -0.462 e. The fourth-order valence-electron chi connectivity index (χ4n) is 1.49. The fourth-order valence-corrected chi connectivity index (χ4v) is 1.49. The molecule has 0 saturated heterocycles. The molecule has 80 valence electrons. The first-order valence-corrected chi connectivity index (χ1v) is 4.79. The number of carbonyl (C=O) groups excluding carboxylic acids is 2. The lowest BCUT2D eigenvalue weighted by molar-refractivity contribution is -0.160. The van der Waals surface area contributed by atoms with Gasteiger partial charge in [0.1, 0.15) is 0 Å². The number of rotatable bonds is 3. The molecule has 0 aromatic rings. The Morgan fingerprint density at radius 2 is 2.14 bits per heavy atom. The van der Waals surface area contributed by atoms with Crippen LogP contribution in [0.4, 0.5) is 0 Å². The first-order valence-electron chi connectivity index (χ1n) is 4.79. The van der Waals surface area contributed by atoms with Crippen LogP contribution in [0, 0.1) is 0 Å². The minimum absolute atomic E-state index is 0.185. The topological polar surface area (TPSA) is 72.6 Å². The molecule has 2 N–H and O–H groups in total. The lowest BCUT2D eigenvalue weighted by Gasteiger charge is -2.36. The molecule has 1 fully saturated rings. The Morgan fingerprint density at radius 1 is 1.50 bits per heavy atom. The fraction of sp³-hybridized carbons (Fsp3) is 0.778. The smallest absolute Gasteiger partial charge is 0.396 e. The van der Waals surface area contributed by atoms with Crippen LogP contribution >= 0.6 is 0 Å². The Hall–Kier alpha value is -1.10. The maximum Gasteiger partial charge on any atom is 0.396 e. The molecule has 1 aliphatic rings. The van der Waals surface area contributed by atoms with E-state index in [2.05, 4.69) is 4.74 Å². The number of nitrogens with zero attached hydrogens (tertiary/aromatic N) is 1. The van der Waals surface area contributed by atoms with Crippen LogP contribution in [0.3, 0.4) is 0 Å². The lowest BCUT2D eigenvalue weighted by atomic mass is 9.91. The molecule has 0 radical (unpaired) electrons. The molecular formula is C9H16N2O3. The van der Waals surface area contributed by atoms with E-state index in [0.717, 1.165) is 19.3 Å². The van der Waals surface area contributed by atoms with Gasteiger partial charge >= 0.3 is 11.9 Å². The summed E-state index contributed by atoms with van der Waals surface area (Å²) in [5.41, 5.74) is 5.38. The molecule has 0 aromatic heterocycles. The van der Waals surface area contributed by atoms with Crippen LogP contribution in [0.25, 0.3) is 0 Å². The summed E-state index contributed by atoms with van der Waals surface area (Å²) in [5, 5.41) is 0. The molecule has 0 spiro atoms. The van der Waals surface area contributed by atoms with E-state index in [1.807, 2.05) is 0 Å². The number of amides is 1. The van der Waals surface area contributed by atoms with Crippen LogP contribution in [0.2, 0.25) is 0 Å². The number of hydrogen-bond acceptors (Lipinski definition) is 4. The minimum atomic E-state index is -0.801. The third-order valence-corrected chi connectivity index (χ3v) is 2.51. The van der Waals surface area contributed by atoms with E-state index in [-0.39, 0.29) is 6.04 Å². The molecule has 1 saturated carbocycles. The summed E-state index contributed by atoms with van der Waals surface area (Å²) in [6.45, 7) is 0.803. The van der Waals surface area contributed by atoms with E-state index in [0.29, 0.717) is 13.1 Å². The van der Waals surface area contributed by atoms with Gasteiger partial charge in [-0.05, 0) is 19.3 Å². The van der Waals surface area contributed by atoms with Gasteiger partial charge in [0.2, 0.25) is 0 Å². The zero-order valence-corrected chi connectivity index (χ0v) is 8.36. The molecule has 0 bridgehead atoms. The summed E-state index contributed by atoms with van der Waals surface area (Å²) in [6.07, 6.45) is 3.03. The van der Waals surface area contributed by atoms with Crippen LogP contribution in [0.1, 0.15) is 19.3 Å². The standard InChI is InChI=1S/C9H16N2O3/c1-14-9(13)8(12)11(6-5-10)7-3-2-4-7/h7H,2-6,10H2,1H3. The van der Waals surface area contributed by atoms with Gasteiger partial charge in [-0.15, -0.1) is 0 Å². The molecule has 1 amide bonds. The Balaban J connectivity index is 2.56. The SMILES string of the molecule is COC(=O)C(=O)N(CCN)C1CCC1. The summed E-state index contributed by atoms with van der Waals surface area (Å²) in [5.74, 6) is -1.37. The molecule has 0 atom stereocenters. The summed E-state index contributed by atoms with van der Waals surface area (Å²) < 4.78 is 4.39. The van der Waals surface area contributed by atoms with Crippen LogP contribution in [-0.2, 0) is 14.3 Å². The number of carbonyl (C=O) groups is 2. The van der Waals surface area contributed by atoms with Crippen molar-refractivity contribution in [3.05, 3.63) is 0 Å². The van der Waals surface area contributed by atoms with Gasteiger partial charge in [-0.3, -0.25) is 4.79 Å². The van der Waals surface area contributed by atoms with Crippen molar-refractivity contribution in [1.82, 2.24) is 4.90 Å². The average molecular weight is 200 g/mol. The van der Waals surface area contributed by atoms with E-state index in [1.165, 1.54) is 12.0 Å². The van der Waals surface area contributed by atoms with Crippen molar-refractivity contribution in [3.63, 3.8) is 0 Å². The zero-order chi connectivity index (χ0) is 10.6. The van der Waals surface area contributed by atoms with Crippen molar-refractivity contribution in [2.45, 2.75) is 25.3 Å². The van der Waals surface area contributed by atoms with Crippen molar-refractivity contribution >= 4 is 11.9 Å². The summed E-state index contributed by atoms with van der Waals surface area (Å²) in [7, 11) is 1.21. The Bertz CT molecular complexity index is 226. The second kappa shape index (κ2) is 4.95. The van der Waals surface area contributed by atoms with Gasteiger partial charge in [0.25, 0.3) is 0 Å². The molecule has 0 aromatic carbocycles. The normalized spacial score (nSPS) is 15.9. The predicted octanol–water partition coefficient (Wildman–Crippen LogP) is -0.501. The molecule has 1 aliphatic carbocycles. The van der Waals surface area contributed by atoms with Crippen molar-refractivity contribution in [2.24, 2.45) is 5.73 Å². The summed E-state index contributed by atoms with van der Waals surface area (Å²) in [6, 6.07) is 0.185. The lowest BCUT2D eigenvalue weighted by Crippen LogP contribution is -2.49. The maximum atomic E-state index is 11.5. The summed E-state index contributed by atoms with van der Waals surface area (Å²) in [4.78, 5) is 24.0. The highest BCUT2D eigenvalue weighted by Gasteiger charge is 2.32. The molecular weight excluding hydrogens is 184 g/mol. The van der Waals surface area contributed by atoms with Crippen LogP contribution in [-0.4, -0.2) is 43.0 Å². The molecule has 14 heavy (non-hydrogen) atoms. The molecule has 0 aliphatic heterocycles. The number of methoxy groups -OCH3 is 1. The van der Waals surface area contributed by atoms with Gasteiger partial charge in [-0.2, -0.15) is 0 Å². The summed E-state index contributed by atoms with van der Waals surface area (Å²) >= 11 is 0. The van der Waals surface area contributed by atoms with Crippen molar-refractivity contribution in [1.29, 1.82) is 0 Å². The second-order valence-corrected chi connectivity index (χ2v) is 3.36. The third-order valence-electron chi connectivity index (χ3n) is 2.51. The van der Waals surface area contributed by atoms with E-state index in [9.17, 15) is 9.59 Å². The van der Waals surface area contributed by atoms with Crippen molar-refractivity contribution < 1.29 is 14.3 Å². The highest BCUT2D eigenvalue weighted by atomic mass is 16.5. The second-order valence-electron chi connectivity index (χ2n) is 3.36. The van der Waals surface area contributed by atoms with Gasteiger partial charge in [0.15, 0.2) is 0 Å². The van der Waals surface area contributed by atoms with Gasteiger partial charge in [-0.1, -0.05) is 0 Å². The maximum absolute atomic E-state index is 11.5.